The third kappa shape index (κ3) is 5.51. The van der Waals surface area contributed by atoms with Crippen LogP contribution in [0.2, 0.25) is 0 Å². The summed E-state index contributed by atoms with van der Waals surface area (Å²) in [6, 6.07) is 11.8. The molecule has 0 aromatic heterocycles. The van der Waals surface area contributed by atoms with Crippen LogP contribution in [-0.2, 0) is 41.1 Å². The Hall–Kier alpha value is -3.18. The van der Waals surface area contributed by atoms with Crippen LogP contribution < -0.4 is 9.80 Å². The van der Waals surface area contributed by atoms with Crippen molar-refractivity contribution in [1.82, 2.24) is 0 Å². The molecule has 3 aromatic carbocycles. The van der Waals surface area contributed by atoms with E-state index in [0.29, 0.717) is 0 Å². The first-order valence-corrected chi connectivity index (χ1v) is 17.1. The molecule has 7 heteroatoms. The molecule has 0 spiro atoms. The summed E-state index contributed by atoms with van der Waals surface area (Å²) in [5.41, 5.74) is 10.3. The topological polar surface area (TPSA) is 71.7 Å². The van der Waals surface area contributed by atoms with Crippen LogP contribution in [0.5, 0.6) is 11.5 Å². The van der Waals surface area contributed by atoms with Gasteiger partial charge in [-0.3, -0.25) is 9.98 Å². The number of nitrogens with zero attached hydrogens (tertiary/aromatic N) is 4. The van der Waals surface area contributed by atoms with Gasteiger partial charge < -0.3 is 20.0 Å². The van der Waals surface area contributed by atoms with Crippen LogP contribution in [0.3, 0.4) is 0 Å². The van der Waals surface area contributed by atoms with Crippen LogP contribution in [0.15, 0.2) is 46.4 Å². The Morgan fingerprint density at radius 3 is 1.28 bits per heavy atom. The van der Waals surface area contributed by atoms with Gasteiger partial charge in [-0.25, -0.2) is 0 Å². The van der Waals surface area contributed by atoms with Crippen molar-refractivity contribution >= 4 is 35.2 Å². The van der Waals surface area contributed by atoms with E-state index in [4.69, 9.17) is 9.98 Å². The van der Waals surface area contributed by atoms with E-state index < -0.39 is 0 Å². The van der Waals surface area contributed by atoms with E-state index in [2.05, 4.69) is 65.2 Å². The molecule has 7 rings (SSSR count). The summed E-state index contributed by atoms with van der Waals surface area (Å²) >= 11 is 0. The van der Waals surface area contributed by atoms with Crippen molar-refractivity contribution in [3.05, 3.63) is 69.8 Å². The zero-order chi connectivity index (χ0) is 32.8. The van der Waals surface area contributed by atoms with Crippen LogP contribution in [0, 0.1) is 0 Å². The molecule has 4 aliphatic rings. The minimum absolute atomic E-state index is 0. The zero-order valence-corrected chi connectivity index (χ0v) is 32.6. The van der Waals surface area contributed by atoms with Gasteiger partial charge in [0.05, 0.1) is 11.4 Å². The van der Waals surface area contributed by atoms with Crippen LogP contribution >= 0.6 is 0 Å². The zero-order valence-electron chi connectivity index (χ0n) is 29.7. The number of aliphatic imine (C=N–C) groups is 2. The summed E-state index contributed by atoms with van der Waals surface area (Å²) in [5, 5.41) is 23.0. The van der Waals surface area contributed by atoms with Gasteiger partial charge in [0.2, 0.25) is 0 Å². The maximum Gasteiger partial charge on any atom is 0.125 e. The molecule has 0 bridgehead atoms. The average Bonchev–Trinajstić information content (AvgIpc) is 2.98. The largest absolute Gasteiger partial charge is 0.507 e. The fourth-order valence-electron chi connectivity index (χ4n) is 8.47. The Bertz CT molecular complexity index is 1670. The SMILES string of the molecule is CC1(C)CCN2CCC(C)(C)c3c(C=Nc4ccccc4N=Cc4c(O)cc5c6c4C(C)(C)CCN6CCC5(C)C)c(O)cc1c32.[Zn]. The minimum Gasteiger partial charge on any atom is -0.507 e. The molecule has 2 N–H and O–H groups in total. The number of para-hydroxylation sites is 2. The Kier molecular flexibility index (Phi) is 8.23. The number of hydrogen-bond donors (Lipinski definition) is 2. The van der Waals surface area contributed by atoms with Gasteiger partial charge in [-0.05, 0) is 93.9 Å². The van der Waals surface area contributed by atoms with Crippen molar-refractivity contribution in [1.29, 1.82) is 0 Å². The van der Waals surface area contributed by atoms with Crippen molar-refractivity contribution in [2.45, 2.75) is 103 Å². The van der Waals surface area contributed by atoms with Gasteiger partial charge in [-0.2, -0.15) is 0 Å². The molecule has 0 aliphatic carbocycles. The monoisotopic (exact) mass is 682 g/mol. The minimum atomic E-state index is -0.0909. The van der Waals surface area contributed by atoms with Crippen molar-refractivity contribution in [3.8, 4) is 11.5 Å². The van der Waals surface area contributed by atoms with Gasteiger partial charge in [0.1, 0.15) is 11.5 Å². The number of rotatable bonds is 4. The standard InChI is InChI=1S/C40H50N4O2.Zn/c1-37(2)13-17-43-19-15-39(5,6)33-25(31(45)21-27(37)35(33)43)23-41-29-11-9-10-12-30(29)42-24-26-32(46)22-28-36-34(26)40(7,8)16-20-44(36)18-14-38(28,3)4;/h9-12,21-24,45-46H,13-20H2,1-8H3;. The second-order valence-electron chi connectivity index (χ2n) is 16.7. The van der Waals surface area contributed by atoms with Gasteiger partial charge in [0.15, 0.2) is 0 Å². The quantitative estimate of drug-likeness (QED) is 0.213. The van der Waals surface area contributed by atoms with Gasteiger partial charge in [0, 0.05) is 80.6 Å². The summed E-state index contributed by atoms with van der Waals surface area (Å²) in [5.74, 6) is 0.576. The van der Waals surface area contributed by atoms with Crippen molar-refractivity contribution in [2.75, 3.05) is 36.0 Å². The Morgan fingerprint density at radius 1 is 0.574 bits per heavy atom. The van der Waals surface area contributed by atoms with E-state index in [0.717, 1.165) is 74.4 Å². The number of benzene rings is 3. The summed E-state index contributed by atoms with van der Waals surface area (Å²) < 4.78 is 0. The van der Waals surface area contributed by atoms with Crippen LogP contribution in [-0.4, -0.2) is 48.8 Å². The number of phenols is 2. The van der Waals surface area contributed by atoms with Gasteiger partial charge in [-0.1, -0.05) is 67.5 Å². The van der Waals surface area contributed by atoms with Gasteiger partial charge >= 0.3 is 0 Å². The summed E-state index contributed by atoms with van der Waals surface area (Å²) in [6.45, 7) is 22.4. The Balaban J connectivity index is 0.00000386. The second kappa shape index (κ2) is 11.5. The predicted octanol–water partition coefficient (Wildman–Crippen LogP) is 8.93. The molecule has 0 unspecified atom stereocenters. The number of hydrogen-bond acceptors (Lipinski definition) is 6. The van der Waals surface area contributed by atoms with E-state index in [1.165, 1.54) is 33.6 Å². The summed E-state index contributed by atoms with van der Waals surface area (Å²) in [4.78, 5) is 15.0. The van der Waals surface area contributed by atoms with E-state index in [1.54, 1.807) is 0 Å². The first-order valence-electron chi connectivity index (χ1n) is 17.1. The molecule has 0 saturated heterocycles. The normalized spacial score (nSPS) is 21.4. The molecule has 0 amide bonds. The summed E-state index contributed by atoms with van der Waals surface area (Å²) in [7, 11) is 0. The molecule has 0 radical (unpaired) electrons. The number of phenolic OH excluding ortho intramolecular Hbond substituents is 2. The average molecular weight is 684 g/mol. The number of anilines is 2. The Morgan fingerprint density at radius 2 is 0.915 bits per heavy atom. The van der Waals surface area contributed by atoms with E-state index in [-0.39, 0.29) is 52.6 Å². The first kappa shape index (κ1) is 33.7. The molecule has 0 saturated carbocycles. The van der Waals surface area contributed by atoms with Crippen LogP contribution in [0.1, 0.15) is 114 Å². The summed E-state index contributed by atoms with van der Waals surface area (Å²) in [6.07, 6.45) is 7.90. The first-order chi connectivity index (χ1) is 21.6. The molecular formula is C40H50N4O2Zn. The van der Waals surface area contributed by atoms with Crippen molar-refractivity contribution in [2.24, 2.45) is 9.98 Å². The van der Waals surface area contributed by atoms with E-state index >= 15 is 0 Å². The third-order valence-electron chi connectivity index (χ3n) is 11.7. The third-order valence-corrected chi connectivity index (χ3v) is 11.7. The molecule has 4 heterocycles. The number of aromatic hydroxyl groups is 2. The molecule has 6 nitrogen and oxygen atoms in total. The molecular weight excluding hydrogens is 634 g/mol. The van der Waals surface area contributed by atoms with E-state index in [9.17, 15) is 10.2 Å². The predicted molar refractivity (Wildman–Crippen MR) is 192 cm³/mol. The maximum atomic E-state index is 11.5. The molecule has 47 heavy (non-hydrogen) atoms. The molecule has 0 fully saturated rings. The molecule has 0 atom stereocenters. The van der Waals surface area contributed by atoms with Gasteiger partial charge in [-0.15, -0.1) is 0 Å². The Labute approximate surface area is 293 Å². The van der Waals surface area contributed by atoms with Crippen molar-refractivity contribution < 1.29 is 29.7 Å². The smallest absolute Gasteiger partial charge is 0.125 e. The van der Waals surface area contributed by atoms with Crippen molar-refractivity contribution in [3.63, 3.8) is 0 Å². The maximum absolute atomic E-state index is 11.5. The van der Waals surface area contributed by atoms with E-state index in [1.807, 2.05) is 48.8 Å². The fraction of sp³-hybridized carbons (Fsp3) is 0.500. The fourth-order valence-corrected chi connectivity index (χ4v) is 8.47. The van der Waals surface area contributed by atoms with Crippen LogP contribution in [0.4, 0.5) is 22.7 Å². The van der Waals surface area contributed by atoms with Crippen LogP contribution in [0.25, 0.3) is 0 Å². The molecule has 3 aromatic rings. The molecule has 4 aliphatic heterocycles. The molecule has 244 valence electrons. The second-order valence-corrected chi connectivity index (χ2v) is 16.7. The van der Waals surface area contributed by atoms with Gasteiger partial charge in [0.25, 0.3) is 0 Å².